The quantitative estimate of drug-likeness (QED) is 0.729. The Kier molecular flexibility index (Phi) is 3.71. The fourth-order valence-electron chi connectivity index (χ4n) is 3.18. The van der Waals surface area contributed by atoms with Crippen molar-refractivity contribution in [3.8, 4) is 11.6 Å². The molecule has 1 aliphatic heterocycles. The van der Waals surface area contributed by atoms with E-state index in [9.17, 15) is 0 Å². The Labute approximate surface area is 134 Å². The molecule has 5 heteroatoms. The molecule has 118 valence electrons. The summed E-state index contributed by atoms with van der Waals surface area (Å²) in [7, 11) is 0. The van der Waals surface area contributed by atoms with Gasteiger partial charge in [-0.3, -0.25) is 4.90 Å². The van der Waals surface area contributed by atoms with E-state index in [-0.39, 0.29) is 0 Å². The highest BCUT2D eigenvalue weighted by atomic mass is 16.5. The van der Waals surface area contributed by atoms with Crippen LogP contribution in [0, 0.1) is 6.92 Å². The molecule has 1 fully saturated rings. The average molecular weight is 309 g/mol. The topological polar surface area (TPSA) is 55.3 Å². The van der Waals surface area contributed by atoms with Crippen LogP contribution in [-0.2, 0) is 6.54 Å². The number of benzene rings is 1. The van der Waals surface area contributed by atoms with Crippen molar-refractivity contribution in [1.82, 2.24) is 15.0 Å². The third-order valence-corrected chi connectivity index (χ3v) is 4.37. The molecule has 0 aliphatic carbocycles. The standard InChI is InChI=1S/C18H19N3O2/c1-13-6-8-14(9-7-13)15-4-2-10-21(15)12-17-19-18(20-23-17)16-5-3-11-22-16/h3,5-9,11,15H,2,4,10,12H2,1H3/t15-/m1/s1. The van der Waals surface area contributed by atoms with Gasteiger partial charge in [-0.1, -0.05) is 35.0 Å². The lowest BCUT2D eigenvalue weighted by Gasteiger charge is -2.23. The van der Waals surface area contributed by atoms with Crippen molar-refractivity contribution >= 4 is 0 Å². The summed E-state index contributed by atoms with van der Waals surface area (Å²) in [5, 5.41) is 4.00. The summed E-state index contributed by atoms with van der Waals surface area (Å²) in [6.07, 6.45) is 3.97. The molecule has 0 radical (unpaired) electrons. The van der Waals surface area contributed by atoms with Gasteiger partial charge in [0.25, 0.3) is 0 Å². The van der Waals surface area contributed by atoms with Crippen molar-refractivity contribution < 1.29 is 8.94 Å². The van der Waals surface area contributed by atoms with Gasteiger partial charge in [0.2, 0.25) is 11.7 Å². The molecule has 0 N–H and O–H groups in total. The van der Waals surface area contributed by atoms with E-state index in [0.717, 1.165) is 6.54 Å². The SMILES string of the molecule is Cc1ccc([C@H]2CCCN2Cc2nc(-c3ccco3)no2)cc1. The molecule has 3 heterocycles. The van der Waals surface area contributed by atoms with E-state index in [4.69, 9.17) is 8.94 Å². The first-order valence-corrected chi connectivity index (χ1v) is 7.97. The van der Waals surface area contributed by atoms with Crippen molar-refractivity contribution in [2.45, 2.75) is 32.4 Å². The fourth-order valence-corrected chi connectivity index (χ4v) is 3.18. The van der Waals surface area contributed by atoms with E-state index in [1.54, 1.807) is 6.26 Å². The normalized spacial score (nSPS) is 18.6. The molecule has 1 aliphatic rings. The van der Waals surface area contributed by atoms with Crippen molar-refractivity contribution in [2.24, 2.45) is 0 Å². The zero-order chi connectivity index (χ0) is 15.6. The predicted molar refractivity (Wildman–Crippen MR) is 85.6 cm³/mol. The molecule has 1 saturated heterocycles. The molecule has 4 rings (SSSR count). The number of aromatic nitrogens is 2. The zero-order valence-corrected chi connectivity index (χ0v) is 13.1. The number of hydrogen-bond acceptors (Lipinski definition) is 5. The second-order valence-electron chi connectivity index (χ2n) is 6.03. The molecule has 0 spiro atoms. The van der Waals surface area contributed by atoms with Gasteiger partial charge in [0, 0.05) is 6.04 Å². The van der Waals surface area contributed by atoms with Crippen LogP contribution >= 0.6 is 0 Å². The largest absolute Gasteiger partial charge is 0.461 e. The highest BCUT2D eigenvalue weighted by molar-refractivity contribution is 5.44. The Balaban J connectivity index is 1.50. The van der Waals surface area contributed by atoms with Crippen LogP contribution in [0.5, 0.6) is 0 Å². The molecule has 0 amide bonds. The molecule has 23 heavy (non-hydrogen) atoms. The first kappa shape index (κ1) is 14.2. The monoisotopic (exact) mass is 309 g/mol. The molecule has 2 aromatic heterocycles. The van der Waals surface area contributed by atoms with Gasteiger partial charge >= 0.3 is 0 Å². The highest BCUT2D eigenvalue weighted by Crippen LogP contribution is 2.33. The minimum atomic E-state index is 0.426. The van der Waals surface area contributed by atoms with Gasteiger partial charge in [0.05, 0.1) is 12.8 Å². The van der Waals surface area contributed by atoms with E-state index >= 15 is 0 Å². The van der Waals surface area contributed by atoms with Crippen LogP contribution in [-0.4, -0.2) is 21.6 Å². The Morgan fingerprint density at radius 3 is 2.87 bits per heavy atom. The molecule has 1 atom stereocenters. The smallest absolute Gasteiger partial charge is 0.241 e. The molecular formula is C18H19N3O2. The Morgan fingerprint density at radius 2 is 2.09 bits per heavy atom. The zero-order valence-electron chi connectivity index (χ0n) is 13.1. The van der Waals surface area contributed by atoms with Crippen LogP contribution < -0.4 is 0 Å². The summed E-state index contributed by atoms with van der Waals surface area (Å²) < 4.78 is 10.7. The number of aryl methyl sites for hydroxylation is 1. The molecule has 0 unspecified atom stereocenters. The maximum atomic E-state index is 5.39. The minimum absolute atomic E-state index is 0.426. The lowest BCUT2D eigenvalue weighted by molar-refractivity contribution is 0.212. The molecule has 0 bridgehead atoms. The number of rotatable bonds is 4. The summed E-state index contributed by atoms with van der Waals surface area (Å²) in [5.41, 5.74) is 2.65. The van der Waals surface area contributed by atoms with Crippen LogP contribution in [0.1, 0.15) is 35.9 Å². The van der Waals surface area contributed by atoms with E-state index in [1.807, 2.05) is 12.1 Å². The molecule has 3 aromatic rings. The van der Waals surface area contributed by atoms with Gasteiger partial charge < -0.3 is 8.94 Å². The average Bonchev–Trinajstić information content (AvgIpc) is 3.29. The predicted octanol–water partition coefficient (Wildman–Crippen LogP) is 3.98. The van der Waals surface area contributed by atoms with Gasteiger partial charge in [0.1, 0.15) is 0 Å². The number of nitrogens with zero attached hydrogens (tertiary/aromatic N) is 3. The summed E-state index contributed by atoms with van der Waals surface area (Å²) in [4.78, 5) is 6.85. The fraction of sp³-hybridized carbons (Fsp3) is 0.333. The van der Waals surface area contributed by atoms with Crippen LogP contribution in [0.4, 0.5) is 0 Å². The van der Waals surface area contributed by atoms with Crippen molar-refractivity contribution in [3.63, 3.8) is 0 Å². The molecule has 5 nitrogen and oxygen atoms in total. The van der Waals surface area contributed by atoms with Crippen LogP contribution in [0.2, 0.25) is 0 Å². The van der Waals surface area contributed by atoms with E-state index in [0.29, 0.717) is 30.1 Å². The van der Waals surface area contributed by atoms with Gasteiger partial charge in [0.15, 0.2) is 5.76 Å². The molecular weight excluding hydrogens is 290 g/mol. The van der Waals surface area contributed by atoms with E-state index in [2.05, 4.69) is 46.2 Å². The summed E-state index contributed by atoms with van der Waals surface area (Å²) in [6, 6.07) is 12.9. The number of hydrogen-bond donors (Lipinski definition) is 0. The second-order valence-corrected chi connectivity index (χ2v) is 6.03. The van der Waals surface area contributed by atoms with Crippen LogP contribution in [0.15, 0.2) is 51.6 Å². The Hall–Kier alpha value is -2.40. The van der Waals surface area contributed by atoms with Crippen LogP contribution in [0.3, 0.4) is 0 Å². The number of furan rings is 1. The second kappa shape index (κ2) is 6.01. The van der Waals surface area contributed by atoms with Crippen molar-refractivity contribution in [2.75, 3.05) is 6.54 Å². The molecule has 0 saturated carbocycles. The first-order chi connectivity index (χ1) is 11.3. The summed E-state index contributed by atoms with van der Waals surface area (Å²) >= 11 is 0. The Morgan fingerprint density at radius 1 is 1.22 bits per heavy atom. The lowest BCUT2D eigenvalue weighted by Crippen LogP contribution is -2.22. The van der Waals surface area contributed by atoms with E-state index in [1.165, 1.54) is 24.0 Å². The lowest BCUT2D eigenvalue weighted by atomic mass is 10.0. The van der Waals surface area contributed by atoms with Gasteiger partial charge in [-0.25, -0.2) is 0 Å². The Bertz CT molecular complexity index is 762. The van der Waals surface area contributed by atoms with Gasteiger partial charge in [-0.2, -0.15) is 4.98 Å². The van der Waals surface area contributed by atoms with E-state index < -0.39 is 0 Å². The highest BCUT2D eigenvalue weighted by Gasteiger charge is 2.27. The minimum Gasteiger partial charge on any atom is -0.461 e. The van der Waals surface area contributed by atoms with Gasteiger partial charge in [-0.05, 0) is 44.0 Å². The number of likely N-dealkylation sites (tertiary alicyclic amines) is 1. The maximum absolute atomic E-state index is 5.39. The third-order valence-electron chi connectivity index (χ3n) is 4.37. The van der Waals surface area contributed by atoms with Crippen molar-refractivity contribution in [3.05, 3.63) is 59.7 Å². The third kappa shape index (κ3) is 2.92. The van der Waals surface area contributed by atoms with Gasteiger partial charge in [-0.15, -0.1) is 0 Å². The summed E-state index contributed by atoms with van der Waals surface area (Å²) in [5.74, 6) is 1.78. The molecule has 1 aromatic carbocycles. The van der Waals surface area contributed by atoms with Crippen LogP contribution in [0.25, 0.3) is 11.6 Å². The van der Waals surface area contributed by atoms with Crippen molar-refractivity contribution in [1.29, 1.82) is 0 Å². The first-order valence-electron chi connectivity index (χ1n) is 7.97. The maximum Gasteiger partial charge on any atom is 0.241 e. The summed E-state index contributed by atoms with van der Waals surface area (Å²) in [6.45, 7) is 3.84.